The summed E-state index contributed by atoms with van der Waals surface area (Å²) in [5.74, 6) is -1.72. The van der Waals surface area contributed by atoms with Crippen molar-refractivity contribution in [3.05, 3.63) is 129 Å². The van der Waals surface area contributed by atoms with Gasteiger partial charge in [0, 0.05) is 31.9 Å². The Bertz CT molecular complexity index is 1730. The molecule has 4 rings (SSSR count). The lowest BCUT2D eigenvalue weighted by Gasteiger charge is -2.14. The van der Waals surface area contributed by atoms with Crippen LogP contribution in [0.15, 0.2) is 108 Å². The molecule has 45 heavy (non-hydrogen) atoms. The van der Waals surface area contributed by atoms with Crippen LogP contribution >= 0.6 is 35.0 Å². The Labute approximate surface area is 275 Å². The lowest BCUT2D eigenvalue weighted by Crippen LogP contribution is -2.30. The van der Waals surface area contributed by atoms with Gasteiger partial charge in [0.05, 0.1) is 17.4 Å². The number of ether oxygens (including phenoxy) is 1. The fraction of sp³-hybridized carbons (Fsp3) is 0.118. The maximum Gasteiger partial charge on any atom is 0.338 e. The molecule has 4 aromatic carbocycles. The standard InChI is InChI=1S/C34H29Cl2N3O5S/c1-3-44-34(43)23-13-16-26(17-14-23)37-31(40)21(2)45-28-11-7-10-27(20-28)38-33(42)30(18-24-12-15-25(35)19-29(24)36)39-32(41)22-8-5-4-6-9-22/h4-21H,3H2,1-2H3,(H,37,40)(H,38,42)(H,39,41)/b30-18+. The zero-order valence-electron chi connectivity index (χ0n) is 24.3. The van der Waals surface area contributed by atoms with Crippen LogP contribution in [0.5, 0.6) is 0 Å². The Morgan fingerprint density at radius 3 is 2.24 bits per heavy atom. The third kappa shape index (κ3) is 9.71. The molecule has 0 aromatic heterocycles. The molecule has 1 atom stereocenters. The van der Waals surface area contributed by atoms with E-state index in [0.717, 1.165) is 4.90 Å². The van der Waals surface area contributed by atoms with Crippen LogP contribution in [0.25, 0.3) is 6.08 Å². The van der Waals surface area contributed by atoms with E-state index in [0.29, 0.717) is 38.1 Å². The normalized spacial score (nSPS) is 11.7. The third-order valence-corrected chi connectivity index (χ3v) is 7.88. The number of esters is 1. The van der Waals surface area contributed by atoms with Gasteiger partial charge in [0.15, 0.2) is 0 Å². The maximum absolute atomic E-state index is 13.4. The number of anilines is 2. The molecule has 0 saturated heterocycles. The first-order valence-corrected chi connectivity index (χ1v) is 15.5. The summed E-state index contributed by atoms with van der Waals surface area (Å²) in [5.41, 5.74) is 2.21. The largest absolute Gasteiger partial charge is 0.462 e. The van der Waals surface area contributed by atoms with E-state index in [-0.39, 0.29) is 18.2 Å². The second-order valence-corrected chi connectivity index (χ2v) is 11.8. The van der Waals surface area contributed by atoms with Crippen molar-refractivity contribution in [2.24, 2.45) is 0 Å². The Hall–Kier alpha value is -4.57. The van der Waals surface area contributed by atoms with Gasteiger partial charge in [0.25, 0.3) is 11.8 Å². The van der Waals surface area contributed by atoms with Crippen molar-refractivity contribution in [1.82, 2.24) is 5.32 Å². The predicted molar refractivity (Wildman–Crippen MR) is 180 cm³/mol. The average Bonchev–Trinajstić information content (AvgIpc) is 3.02. The van der Waals surface area contributed by atoms with Crippen molar-refractivity contribution in [3.8, 4) is 0 Å². The van der Waals surface area contributed by atoms with Gasteiger partial charge in [0.2, 0.25) is 5.91 Å². The molecule has 11 heteroatoms. The molecule has 0 aliphatic carbocycles. The molecule has 0 aliphatic rings. The zero-order chi connectivity index (χ0) is 32.3. The summed E-state index contributed by atoms with van der Waals surface area (Å²) in [4.78, 5) is 51.8. The molecule has 0 spiro atoms. The minimum Gasteiger partial charge on any atom is -0.462 e. The number of amides is 3. The highest BCUT2D eigenvalue weighted by atomic mass is 35.5. The van der Waals surface area contributed by atoms with Crippen molar-refractivity contribution >= 4 is 76.1 Å². The molecular weight excluding hydrogens is 633 g/mol. The minimum absolute atomic E-state index is 0.0344. The molecular formula is C34H29Cl2N3O5S. The Morgan fingerprint density at radius 2 is 1.56 bits per heavy atom. The highest BCUT2D eigenvalue weighted by Crippen LogP contribution is 2.28. The number of hydrogen-bond donors (Lipinski definition) is 3. The molecule has 0 saturated carbocycles. The zero-order valence-corrected chi connectivity index (χ0v) is 26.6. The van der Waals surface area contributed by atoms with Gasteiger partial charge >= 0.3 is 5.97 Å². The van der Waals surface area contributed by atoms with E-state index in [9.17, 15) is 19.2 Å². The quantitative estimate of drug-likeness (QED) is 0.0862. The monoisotopic (exact) mass is 661 g/mol. The predicted octanol–water partition coefficient (Wildman–Crippen LogP) is 7.70. The number of halogens is 2. The summed E-state index contributed by atoms with van der Waals surface area (Å²) in [6.07, 6.45) is 1.47. The number of nitrogens with one attached hydrogen (secondary N) is 3. The van der Waals surface area contributed by atoms with E-state index in [1.807, 2.05) is 6.07 Å². The molecule has 1 unspecified atom stereocenters. The van der Waals surface area contributed by atoms with Gasteiger partial charge < -0.3 is 20.7 Å². The van der Waals surface area contributed by atoms with Gasteiger partial charge in [-0.25, -0.2) is 4.79 Å². The van der Waals surface area contributed by atoms with Crippen LogP contribution in [0.4, 0.5) is 11.4 Å². The van der Waals surface area contributed by atoms with Crippen LogP contribution in [0.2, 0.25) is 10.0 Å². The molecule has 8 nitrogen and oxygen atoms in total. The van der Waals surface area contributed by atoms with Gasteiger partial charge in [-0.2, -0.15) is 0 Å². The van der Waals surface area contributed by atoms with Crippen LogP contribution in [0.3, 0.4) is 0 Å². The molecule has 230 valence electrons. The molecule has 0 bridgehead atoms. The van der Waals surface area contributed by atoms with E-state index in [1.165, 1.54) is 17.8 Å². The van der Waals surface area contributed by atoms with Crippen molar-refractivity contribution in [1.29, 1.82) is 0 Å². The van der Waals surface area contributed by atoms with Gasteiger partial charge in [0.1, 0.15) is 5.70 Å². The Kier molecular flexibility index (Phi) is 11.8. The van der Waals surface area contributed by atoms with E-state index in [4.69, 9.17) is 27.9 Å². The van der Waals surface area contributed by atoms with Crippen molar-refractivity contribution in [3.63, 3.8) is 0 Å². The summed E-state index contributed by atoms with van der Waals surface area (Å²) < 4.78 is 4.98. The van der Waals surface area contributed by atoms with Crippen LogP contribution in [0, 0.1) is 0 Å². The highest BCUT2D eigenvalue weighted by Gasteiger charge is 2.18. The van der Waals surface area contributed by atoms with Crippen LogP contribution in [-0.4, -0.2) is 35.5 Å². The Morgan fingerprint density at radius 1 is 0.822 bits per heavy atom. The van der Waals surface area contributed by atoms with Gasteiger partial charge in [-0.1, -0.05) is 53.5 Å². The fourth-order valence-corrected chi connectivity index (χ4v) is 5.36. The first kappa shape index (κ1) is 33.3. The average molecular weight is 663 g/mol. The molecule has 3 N–H and O–H groups in total. The molecule has 0 aliphatic heterocycles. The van der Waals surface area contributed by atoms with Crippen molar-refractivity contribution in [2.45, 2.75) is 24.0 Å². The number of rotatable bonds is 11. The Balaban J connectivity index is 1.45. The fourth-order valence-electron chi connectivity index (χ4n) is 3.97. The van der Waals surface area contributed by atoms with Crippen molar-refractivity contribution < 1.29 is 23.9 Å². The summed E-state index contributed by atoms with van der Waals surface area (Å²) in [6, 6.07) is 26.8. The van der Waals surface area contributed by atoms with E-state index in [1.54, 1.807) is 105 Å². The van der Waals surface area contributed by atoms with Gasteiger partial charge in [-0.3, -0.25) is 14.4 Å². The molecule has 0 radical (unpaired) electrons. The molecule has 0 fully saturated rings. The van der Waals surface area contributed by atoms with E-state index < -0.39 is 23.0 Å². The van der Waals surface area contributed by atoms with Crippen molar-refractivity contribution in [2.75, 3.05) is 17.2 Å². The highest BCUT2D eigenvalue weighted by molar-refractivity contribution is 8.00. The molecule has 0 heterocycles. The number of carbonyl (C=O) groups is 4. The van der Waals surface area contributed by atoms with Gasteiger partial charge in [-0.05, 0) is 92.2 Å². The van der Waals surface area contributed by atoms with Crippen LogP contribution < -0.4 is 16.0 Å². The lowest BCUT2D eigenvalue weighted by molar-refractivity contribution is -0.115. The summed E-state index contributed by atoms with van der Waals surface area (Å²) >= 11 is 13.7. The van der Waals surface area contributed by atoms with Crippen LogP contribution in [-0.2, 0) is 14.3 Å². The number of benzene rings is 4. The molecule has 4 aromatic rings. The maximum atomic E-state index is 13.4. The topological polar surface area (TPSA) is 114 Å². The number of hydrogen-bond acceptors (Lipinski definition) is 6. The summed E-state index contributed by atoms with van der Waals surface area (Å²) in [6.45, 7) is 3.77. The second-order valence-electron chi connectivity index (χ2n) is 9.57. The number of carbonyl (C=O) groups excluding carboxylic acids is 4. The third-order valence-electron chi connectivity index (χ3n) is 6.23. The minimum atomic E-state index is -0.579. The summed E-state index contributed by atoms with van der Waals surface area (Å²) in [5, 5.41) is 8.58. The SMILES string of the molecule is CCOC(=O)c1ccc(NC(=O)C(C)Sc2cccc(NC(=O)/C(=C\c3ccc(Cl)cc3Cl)NC(=O)c3ccccc3)c2)cc1. The lowest BCUT2D eigenvalue weighted by atomic mass is 10.1. The second kappa shape index (κ2) is 15.9. The first-order valence-electron chi connectivity index (χ1n) is 13.8. The first-order chi connectivity index (χ1) is 21.6. The molecule has 3 amide bonds. The van der Waals surface area contributed by atoms with Crippen LogP contribution in [0.1, 0.15) is 40.1 Å². The van der Waals surface area contributed by atoms with Gasteiger partial charge in [-0.15, -0.1) is 11.8 Å². The summed E-state index contributed by atoms with van der Waals surface area (Å²) in [7, 11) is 0. The smallest absolute Gasteiger partial charge is 0.338 e. The van der Waals surface area contributed by atoms with E-state index in [2.05, 4.69) is 16.0 Å². The number of thioether (sulfide) groups is 1. The van der Waals surface area contributed by atoms with E-state index >= 15 is 0 Å².